The Bertz CT molecular complexity index is 284. The van der Waals surface area contributed by atoms with Crippen molar-refractivity contribution in [3.63, 3.8) is 0 Å². The Hall–Kier alpha value is 0.204. The van der Waals surface area contributed by atoms with Gasteiger partial charge in [-0.05, 0) is 31.8 Å². The maximum absolute atomic E-state index is 11.0. The molecule has 0 atom stereocenters. The molecule has 3 N–H and O–H groups in total. The molecule has 5 heteroatoms. The fraction of sp³-hybridized carbons (Fsp3) is 0.889. The van der Waals surface area contributed by atoms with Crippen molar-refractivity contribution in [2.24, 2.45) is 29.4 Å². The van der Waals surface area contributed by atoms with Crippen molar-refractivity contribution in [2.75, 3.05) is 13.6 Å². The average molecular weight is 407 g/mol. The van der Waals surface area contributed by atoms with Crippen LogP contribution in [-0.2, 0) is 42.3 Å². The molecule has 0 fully saturated rings. The summed E-state index contributed by atoms with van der Waals surface area (Å²) in [5, 5.41) is 3.10. The summed E-state index contributed by atoms with van der Waals surface area (Å²) in [7, 11) is 1.99. The predicted octanol–water partition coefficient (Wildman–Crippen LogP) is 3.88. The quantitative estimate of drug-likeness (QED) is 0.673. The van der Waals surface area contributed by atoms with Crippen LogP contribution < -0.4 is 11.1 Å². The third-order valence-electron chi connectivity index (χ3n) is 2.79. The molecule has 1 radical (unpaired) electrons. The second kappa shape index (κ2) is 20.2. The molecule has 0 spiro atoms. The van der Waals surface area contributed by atoms with Crippen LogP contribution in [0.15, 0.2) is 0 Å². The van der Waals surface area contributed by atoms with Crippen molar-refractivity contribution in [3.05, 3.63) is 0 Å². The van der Waals surface area contributed by atoms with Gasteiger partial charge in [0.05, 0.1) is 0 Å². The molecule has 0 rings (SSSR count). The zero-order chi connectivity index (χ0) is 18.3. The van der Waals surface area contributed by atoms with Gasteiger partial charge in [-0.1, -0.05) is 55.4 Å². The Morgan fingerprint density at radius 3 is 1.39 bits per heavy atom. The normalized spacial score (nSPS) is 9.78. The van der Waals surface area contributed by atoms with E-state index in [2.05, 4.69) is 33.0 Å². The number of carbonyl (C=O) groups is 2. The summed E-state index contributed by atoms with van der Waals surface area (Å²) >= 11 is 0. The number of amides is 1. The summed E-state index contributed by atoms with van der Waals surface area (Å²) in [4.78, 5) is 20.9. The number of nitrogens with two attached hydrogens (primary N) is 1. The van der Waals surface area contributed by atoms with E-state index < -0.39 is 0 Å². The maximum atomic E-state index is 11.0. The molecule has 0 aliphatic carbocycles. The van der Waals surface area contributed by atoms with E-state index in [1.807, 2.05) is 20.9 Å². The predicted molar refractivity (Wildman–Crippen MR) is 98.8 cm³/mol. The van der Waals surface area contributed by atoms with E-state index in [-0.39, 0.29) is 51.9 Å². The van der Waals surface area contributed by atoms with Crippen LogP contribution in [0.25, 0.3) is 0 Å². The zero-order valence-electron chi connectivity index (χ0n) is 16.9. The number of ketones is 1. The van der Waals surface area contributed by atoms with Gasteiger partial charge in [0.1, 0.15) is 5.78 Å². The smallest absolute Gasteiger partial charge is 0.219 e. The van der Waals surface area contributed by atoms with E-state index in [1.54, 1.807) is 13.8 Å². The van der Waals surface area contributed by atoms with Gasteiger partial charge in [0.2, 0.25) is 5.91 Å². The second-order valence-corrected chi connectivity index (χ2v) is 7.06. The zero-order valence-corrected chi connectivity index (χ0v) is 19.7. The third kappa shape index (κ3) is 34.5. The van der Waals surface area contributed by atoms with Gasteiger partial charge < -0.3 is 11.1 Å². The SMILES string of the molecule is CC(C)C(N)=O.CC(C)CC(=O)C(C)C.CNCCC(C)C.[HH].[Y]. The molecule has 0 saturated heterocycles. The molecule has 0 saturated carbocycles. The van der Waals surface area contributed by atoms with Crippen molar-refractivity contribution < 1.29 is 43.7 Å². The molecule has 4 nitrogen and oxygen atoms in total. The number of hydrogen-bond donors (Lipinski definition) is 2. The van der Waals surface area contributed by atoms with E-state index in [9.17, 15) is 9.59 Å². The molecule has 0 aromatic heterocycles. The minimum atomic E-state index is -0.241. The minimum Gasteiger partial charge on any atom is -0.369 e. The second-order valence-electron chi connectivity index (χ2n) is 7.06. The van der Waals surface area contributed by atoms with Crippen LogP contribution in [0.4, 0.5) is 0 Å². The molecule has 139 valence electrons. The van der Waals surface area contributed by atoms with Crippen molar-refractivity contribution in [2.45, 2.75) is 68.2 Å². The van der Waals surface area contributed by atoms with Crippen LogP contribution >= 0.6 is 0 Å². The van der Waals surface area contributed by atoms with Crippen molar-refractivity contribution in [1.29, 1.82) is 0 Å². The molecular weight excluding hydrogens is 365 g/mol. The number of rotatable bonds is 7. The van der Waals surface area contributed by atoms with Crippen LogP contribution in [0.3, 0.4) is 0 Å². The van der Waals surface area contributed by atoms with E-state index in [0.29, 0.717) is 11.7 Å². The first-order valence-corrected chi connectivity index (χ1v) is 8.42. The average Bonchev–Trinajstić information content (AvgIpc) is 2.36. The number of primary amides is 1. The molecule has 1 amide bonds. The molecule has 0 bridgehead atoms. The Morgan fingerprint density at radius 2 is 1.30 bits per heavy atom. The third-order valence-corrected chi connectivity index (χ3v) is 2.79. The summed E-state index contributed by atoms with van der Waals surface area (Å²) in [6.07, 6.45) is 2.02. The van der Waals surface area contributed by atoms with Crippen molar-refractivity contribution in [3.8, 4) is 0 Å². The van der Waals surface area contributed by atoms with E-state index >= 15 is 0 Å². The van der Waals surface area contributed by atoms with Gasteiger partial charge in [-0.3, -0.25) is 9.59 Å². The molecule has 0 aromatic rings. The Morgan fingerprint density at radius 1 is 0.913 bits per heavy atom. The Labute approximate surface area is 171 Å². The van der Waals surface area contributed by atoms with E-state index in [1.165, 1.54) is 6.42 Å². The molecule has 23 heavy (non-hydrogen) atoms. The van der Waals surface area contributed by atoms with Crippen LogP contribution in [-0.4, -0.2) is 25.3 Å². The van der Waals surface area contributed by atoms with E-state index in [0.717, 1.165) is 18.9 Å². The molecule has 0 aliphatic rings. The first kappa shape index (κ1) is 31.0. The van der Waals surface area contributed by atoms with Crippen LogP contribution in [0.5, 0.6) is 0 Å². The van der Waals surface area contributed by atoms with Crippen molar-refractivity contribution >= 4 is 11.7 Å². The van der Waals surface area contributed by atoms with Gasteiger partial charge in [-0.15, -0.1) is 0 Å². The molecule has 0 aromatic carbocycles. The summed E-state index contributed by atoms with van der Waals surface area (Å²) < 4.78 is 0. The minimum absolute atomic E-state index is 0. The van der Waals surface area contributed by atoms with Gasteiger partial charge in [-0.2, -0.15) is 0 Å². The van der Waals surface area contributed by atoms with E-state index in [4.69, 9.17) is 5.73 Å². The topological polar surface area (TPSA) is 72.2 Å². The molecule has 0 unspecified atom stereocenters. The standard InChI is InChI=1S/C8H16O.C6H15N.C4H9NO.Y.H2/c1-6(2)5-8(9)7(3)4;1-6(2)4-5-7-3;1-3(2)4(5)6;;/h6-7H,5H2,1-4H3;6-7H,4-5H2,1-3H3;3H,1-2H3,(H2,5,6);;1H. The first-order valence-electron chi connectivity index (χ1n) is 8.42. The fourth-order valence-corrected chi connectivity index (χ4v) is 1.07. The first-order chi connectivity index (χ1) is 9.95. The van der Waals surface area contributed by atoms with Crippen molar-refractivity contribution in [1.82, 2.24) is 5.32 Å². The fourth-order valence-electron chi connectivity index (χ4n) is 1.07. The largest absolute Gasteiger partial charge is 0.369 e. The molecule has 0 aliphatic heterocycles. The molecular formula is C18H42N2O2Y. The van der Waals surface area contributed by atoms with Gasteiger partial charge in [0.15, 0.2) is 0 Å². The molecule has 0 heterocycles. The summed E-state index contributed by atoms with van der Waals surface area (Å²) in [6.45, 7) is 17.2. The summed E-state index contributed by atoms with van der Waals surface area (Å²) in [6, 6.07) is 0. The number of carbonyl (C=O) groups excluding carboxylic acids is 2. The summed E-state index contributed by atoms with van der Waals surface area (Å²) in [5.41, 5.74) is 4.80. The number of nitrogens with one attached hydrogen (secondary N) is 1. The monoisotopic (exact) mass is 407 g/mol. The number of Topliss-reactive ketones (excluding diaryl/α,β-unsaturated/α-hetero) is 1. The van der Waals surface area contributed by atoms with Crippen LogP contribution in [0, 0.1) is 23.7 Å². The Kier molecular flexibility index (Phi) is 27.3. The van der Waals surface area contributed by atoms with Crippen LogP contribution in [0.1, 0.15) is 69.7 Å². The Balaban J connectivity index is -0.0000000737. The van der Waals surface area contributed by atoms with Gasteiger partial charge in [0, 0.05) is 52.4 Å². The van der Waals surface area contributed by atoms with Gasteiger partial charge in [-0.25, -0.2) is 0 Å². The van der Waals surface area contributed by atoms with Gasteiger partial charge >= 0.3 is 0 Å². The summed E-state index contributed by atoms with van der Waals surface area (Å²) in [5.74, 6) is 1.70. The van der Waals surface area contributed by atoms with Crippen LogP contribution in [0.2, 0.25) is 0 Å². The number of hydrogen-bond acceptors (Lipinski definition) is 3. The van der Waals surface area contributed by atoms with Gasteiger partial charge in [0.25, 0.3) is 0 Å². The maximum Gasteiger partial charge on any atom is 0.219 e.